The van der Waals surface area contributed by atoms with Crippen LogP contribution in [0.4, 0.5) is 5.82 Å². The van der Waals surface area contributed by atoms with Gasteiger partial charge in [-0.1, -0.05) is 47.1 Å². The number of hydrogen-bond donors (Lipinski definition) is 1. The van der Waals surface area contributed by atoms with Crippen molar-refractivity contribution in [3.05, 3.63) is 66.4 Å². The minimum atomic E-state index is -3.48. The summed E-state index contributed by atoms with van der Waals surface area (Å²) in [5.74, 6) is -0.499. The van der Waals surface area contributed by atoms with Gasteiger partial charge in [0.15, 0.2) is 27.1 Å². The molecule has 0 saturated heterocycles. The number of benzene rings is 2. The summed E-state index contributed by atoms with van der Waals surface area (Å²) in [5, 5.41) is 14.9. The summed E-state index contributed by atoms with van der Waals surface area (Å²) in [7, 11) is -3.48. The Hall–Kier alpha value is -3.97. The van der Waals surface area contributed by atoms with Crippen LogP contribution in [0.1, 0.15) is 61.0 Å². The molecule has 12 heteroatoms. The van der Waals surface area contributed by atoms with E-state index in [0.29, 0.717) is 17.0 Å². The van der Waals surface area contributed by atoms with Gasteiger partial charge in [0.1, 0.15) is 12.3 Å². The predicted molar refractivity (Wildman–Crippen MR) is 175 cm³/mol. The van der Waals surface area contributed by atoms with Crippen LogP contribution in [0.2, 0.25) is 0 Å². The number of sulfone groups is 1. The molecule has 0 aliphatic rings. The number of carbonyl (C=O) groups excluding carboxylic acids is 1. The molecule has 4 aromatic rings. The van der Waals surface area contributed by atoms with Gasteiger partial charge in [0.25, 0.3) is 5.91 Å². The maximum atomic E-state index is 13.7. The Labute approximate surface area is 270 Å². The smallest absolute Gasteiger partial charge is 0.258 e. The third kappa shape index (κ3) is 8.43. The fourth-order valence-electron chi connectivity index (χ4n) is 4.26. The number of aromatic nitrogens is 3. The highest BCUT2D eigenvalue weighted by Crippen LogP contribution is 2.34. The molecule has 46 heavy (non-hydrogen) atoms. The van der Waals surface area contributed by atoms with Crippen LogP contribution in [0.3, 0.4) is 0 Å². The van der Waals surface area contributed by atoms with E-state index in [1.54, 1.807) is 52.8 Å². The van der Waals surface area contributed by atoms with Crippen molar-refractivity contribution >= 4 is 21.6 Å². The molecule has 4 rings (SSSR count). The zero-order chi connectivity index (χ0) is 34.0. The first-order valence-corrected chi connectivity index (χ1v) is 16.5. The van der Waals surface area contributed by atoms with Crippen LogP contribution in [-0.4, -0.2) is 64.0 Å². The van der Waals surface area contributed by atoms with Gasteiger partial charge in [0, 0.05) is 17.2 Å². The van der Waals surface area contributed by atoms with E-state index >= 15 is 0 Å². The van der Waals surface area contributed by atoms with Crippen molar-refractivity contribution in [2.24, 2.45) is 0 Å². The second-order valence-electron chi connectivity index (χ2n) is 13.2. The molecule has 0 saturated carbocycles. The molecule has 0 aliphatic heterocycles. The molecule has 0 bridgehead atoms. The van der Waals surface area contributed by atoms with Gasteiger partial charge in [0.2, 0.25) is 6.41 Å². The van der Waals surface area contributed by atoms with E-state index in [2.05, 4.69) is 10.1 Å². The average molecular weight is 651 g/mol. The highest BCUT2D eigenvalue weighted by atomic mass is 32.2. The van der Waals surface area contributed by atoms with E-state index in [-0.39, 0.29) is 28.8 Å². The minimum Gasteiger partial charge on any atom is -0.366 e. The number of rotatable bonds is 10. The fourth-order valence-corrected chi connectivity index (χ4v) is 5.32. The first kappa shape index (κ1) is 34.9. The zero-order valence-electron chi connectivity index (χ0n) is 27.7. The first-order chi connectivity index (χ1) is 21.4. The van der Waals surface area contributed by atoms with Crippen molar-refractivity contribution in [2.45, 2.75) is 90.1 Å². The summed E-state index contributed by atoms with van der Waals surface area (Å²) in [5.41, 5.74) is 1.97. The van der Waals surface area contributed by atoms with Gasteiger partial charge < -0.3 is 19.1 Å². The highest BCUT2D eigenvalue weighted by molar-refractivity contribution is 7.92. The van der Waals surface area contributed by atoms with Gasteiger partial charge in [-0.2, -0.15) is 0 Å². The van der Waals surface area contributed by atoms with Gasteiger partial charge in [-0.05, 0) is 74.4 Å². The van der Waals surface area contributed by atoms with Crippen LogP contribution in [0, 0.1) is 6.92 Å². The zero-order valence-corrected chi connectivity index (χ0v) is 28.5. The number of aliphatic hydroxyl groups excluding tert-OH is 1. The molecular formula is C34H42N4O7S. The quantitative estimate of drug-likeness (QED) is 0.197. The standard InChI is InChI=1S/C34H42N4O7S/c1-21(2)46(41,42)25-16-14-24(15-17-25)27-19-35-31(38(32(40)44-34(7,8)9)29(39)20-43-33(4,5)6)30(36-27)28-18-26(37-45-28)23-12-10-22(3)11-13-23/h10-19,21,32,40H,20H2,1-9H3. The molecule has 11 nitrogen and oxygen atoms in total. The van der Waals surface area contributed by atoms with Gasteiger partial charge in [-0.25, -0.2) is 23.3 Å². The van der Waals surface area contributed by atoms with Crippen LogP contribution in [0.25, 0.3) is 34.0 Å². The SMILES string of the molecule is Cc1ccc(-c2cc(-c3nc(-c4ccc(S(=O)(=O)C(C)C)cc4)cnc3N(C(=O)COC(C)(C)C)C(O)OC(C)(C)C)on2)cc1. The molecule has 2 heterocycles. The molecule has 2 aromatic heterocycles. The van der Waals surface area contributed by atoms with Crippen molar-refractivity contribution in [3.63, 3.8) is 0 Å². The maximum absolute atomic E-state index is 13.7. The van der Waals surface area contributed by atoms with E-state index in [4.69, 9.17) is 19.0 Å². The van der Waals surface area contributed by atoms with E-state index < -0.39 is 38.6 Å². The molecule has 1 unspecified atom stereocenters. The van der Waals surface area contributed by atoms with Crippen LogP contribution in [0.15, 0.2) is 70.2 Å². The van der Waals surface area contributed by atoms with Crippen molar-refractivity contribution in [3.8, 4) is 34.0 Å². The third-order valence-corrected chi connectivity index (χ3v) is 8.92. The molecule has 1 amide bonds. The molecule has 0 spiro atoms. The predicted octanol–water partition coefficient (Wildman–Crippen LogP) is 6.20. The Bertz CT molecular complexity index is 1770. The minimum absolute atomic E-state index is 0.0476. The summed E-state index contributed by atoms with van der Waals surface area (Å²) >= 11 is 0. The molecule has 0 fully saturated rings. The number of aryl methyl sites for hydroxylation is 1. The lowest BCUT2D eigenvalue weighted by Gasteiger charge is -2.33. The number of amides is 1. The Morgan fingerprint density at radius 3 is 2.09 bits per heavy atom. The van der Waals surface area contributed by atoms with Crippen LogP contribution >= 0.6 is 0 Å². The van der Waals surface area contributed by atoms with E-state index in [1.165, 1.54) is 18.3 Å². The Morgan fingerprint density at radius 2 is 1.52 bits per heavy atom. The Kier molecular flexibility index (Phi) is 10.2. The molecule has 1 atom stereocenters. The largest absolute Gasteiger partial charge is 0.366 e. The van der Waals surface area contributed by atoms with Gasteiger partial charge in [-0.3, -0.25) is 4.79 Å². The summed E-state index contributed by atoms with van der Waals surface area (Å²) in [6.07, 6.45) is -0.327. The highest BCUT2D eigenvalue weighted by Gasteiger charge is 2.34. The second-order valence-corrected chi connectivity index (χ2v) is 15.7. The number of carbonyl (C=O) groups is 1. The van der Waals surface area contributed by atoms with E-state index in [1.807, 2.05) is 52.0 Å². The van der Waals surface area contributed by atoms with Crippen molar-refractivity contribution < 1.29 is 32.3 Å². The summed E-state index contributed by atoms with van der Waals surface area (Å²) in [6.45, 7) is 15.5. The number of anilines is 1. The second kappa shape index (κ2) is 13.4. The number of hydrogen-bond acceptors (Lipinski definition) is 10. The Balaban J connectivity index is 1.87. The van der Waals surface area contributed by atoms with Gasteiger partial charge in [-0.15, -0.1) is 0 Å². The monoisotopic (exact) mass is 650 g/mol. The van der Waals surface area contributed by atoms with Crippen LogP contribution < -0.4 is 4.90 Å². The molecule has 0 aliphatic carbocycles. The summed E-state index contributed by atoms with van der Waals surface area (Å²) in [4.78, 5) is 24.2. The summed E-state index contributed by atoms with van der Waals surface area (Å²) < 4.78 is 42.7. The first-order valence-electron chi connectivity index (χ1n) is 14.9. The van der Waals surface area contributed by atoms with Crippen LogP contribution in [0.5, 0.6) is 0 Å². The Morgan fingerprint density at radius 1 is 0.935 bits per heavy atom. The van der Waals surface area contributed by atoms with E-state index in [0.717, 1.165) is 16.0 Å². The van der Waals surface area contributed by atoms with Crippen molar-refractivity contribution in [1.29, 1.82) is 0 Å². The molecule has 0 radical (unpaired) electrons. The normalized spacial score (nSPS) is 13.2. The maximum Gasteiger partial charge on any atom is 0.258 e. The molecule has 2 aromatic carbocycles. The lowest BCUT2D eigenvalue weighted by Crippen LogP contribution is -2.48. The molecule has 246 valence electrons. The topological polar surface area (TPSA) is 145 Å². The van der Waals surface area contributed by atoms with Crippen LogP contribution in [-0.2, 0) is 24.1 Å². The lowest BCUT2D eigenvalue weighted by atomic mass is 10.1. The number of aliphatic hydroxyl groups is 1. The van der Waals surface area contributed by atoms with Gasteiger partial charge >= 0.3 is 0 Å². The number of nitrogens with zero attached hydrogens (tertiary/aromatic N) is 4. The van der Waals surface area contributed by atoms with Crippen molar-refractivity contribution in [2.75, 3.05) is 11.5 Å². The fraction of sp³-hybridized carbons (Fsp3) is 0.412. The molecular weight excluding hydrogens is 608 g/mol. The molecule has 1 N–H and O–H groups in total. The van der Waals surface area contributed by atoms with E-state index in [9.17, 15) is 18.3 Å². The third-order valence-electron chi connectivity index (χ3n) is 6.75. The van der Waals surface area contributed by atoms with Crippen molar-refractivity contribution in [1.82, 2.24) is 15.1 Å². The van der Waals surface area contributed by atoms with Gasteiger partial charge in [0.05, 0.1) is 33.2 Å². The average Bonchev–Trinajstić information content (AvgIpc) is 3.46. The lowest BCUT2D eigenvalue weighted by molar-refractivity contribution is -0.173. The number of ether oxygens (including phenoxy) is 2. The summed E-state index contributed by atoms with van der Waals surface area (Å²) in [6, 6.07) is 15.7.